The number of hydrogen-bond donors (Lipinski definition) is 0. The molecule has 0 aliphatic heterocycles. The third-order valence-corrected chi connectivity index (χ3v) is 7.50. The summed E-state index contributed by atoms with van der Waals surface area (Å²) in [5.74, 6) is -2.58. The van der Waals surface area contributed by atoms with Gasteiger partial charge in [-0.15, -0.1) is 0 Å². The molecule has 2 aliphatic carbocycles. The van der Waals surface area contributed by atoms with Crippen molar-refractivity contribution in [3.05, 3.63) is 35.4 Å². The number of benzene rings is 1. The predicted octanol–water partition coefficient (Wildman–Crippen LogP) is 7.58. The Hall–Kier alpha value is -1.00. The van der Waals surface area contributed by atoms with Crippen LogP contribution in [0.3, 0.4) is 0 Å². The number of aryl methyl sites for hydroxylation is 1. The van der Waals surface area contributed by atoms with Crippen LogP contribution in [0, 0.1) is 17.8 Å². The van der Waals surface area contributed by atoms with Crippen LogP contribution in [-0.4, -0.2) is 25.2 Å². The third-order valence-electron chi connectivity index (χ3n) is 7.50. The minimum absolute atomic E-state index is 0.0472. The lowest BCUT2D eigenvalue weighted by atomic mass is 9.69. The molecule has 2 fully saturated rings. The van der Waals surface area contributed by atoms with Gasteiger partial charge >= 0.3 is 0 Å². The van der Waals surface area contributed by atoms with Crippen molar-refractivity contribution < 1.29 is 18.3 Å². The second-order valence-corrected chi connectivity index (χ2v) is 9.78. The first-order chi connectivity index (χ1) is 15.0. The minimum Gasteiger partial charge on any atom is -0.381 e. The standard InChI is InChI=1S/C27H42F2O2/c1-3-5-6-7-21-8-10-22(11-9-21)19-31-26-16-13-23(14-17-26)24-12-15-25(20-30-4-2)27(28,29)18-24/h8-11,23-26H,3-7,12-20H2,1-2H3. The fourth-order valence-electron chi connectivity index (χ4n) is 5.43. The zero-order valence-corrected chi connectivity index (χ0v) is 19.6. The number of unbranched alkanes of at least 4 members (excludes halogenated alkanes) is 2. The van der Waals surface area contributed by atoms with E-state index in [1.54, 1.807) is 0 Å². The molecule has 2 atom stereocenters. The van der Waals surface area contributed by atoms with E-state index in [1.807, 2.05) is 6.92 Å². The molecule has 0 spiro atoms. The zero-order valence-electron chi connectivity index (χ0n) is 19.6. The van der Waals surface area contributed by atoms with Gasteiger partial charge in [0.2, 0.25) is 0 Å². The molecule has 31 heavy (non-hydrogen) atoms. The maximum absolute atomic E-state index is 14.6. The Bertz CT molecular complexity index is 623. The Balaban J connectivity index is 1.37. The number of alkyl halides is 2. The van der Waals surface area contributed by atoms with Crippen molar-refractivity contribution in [1.82, 2.24) is 0 Å². The molecule has 1 aromatic carbocycles. The molecule has 0 radical (unpaired) electrons. The molecule has 2 aliphatic rings. The summed E-state index contributed by atoms with van der Waals surface area (Å²) in [5, 5.41) is 0. The second-order valence-electron chi connectivity index (χ2n) is 9.78. The van der Waals surface area contributed by atoms with Crippen molar-refractivity contribution in [2.45, 2.75) is 103 Å². The van der Waals surface area contributed by atoms with Gasteiger partial charge in [-0.3, -0.25) is 0 Å². The maximum atomic E-state index is 14.6. The van der Waals surface area contributed by atoms with Crippen molar-refractivity contribution in [2.24, 2.45) is 17.8 Å². The van der Waals surface area contributed by atoms with Crippen molar-refractivity contribution in [1.29, 1.82) is 0 Å². The van der Waals surface area contributed by atoms with E-state index in [-0.39, 0.29) is 25.0 Å². The van der Waals surface area contributed by atoms with Crippen molar-refractivity contribution >= 4 is 0 Å². The molecule has 0 aromatic heterocycles. The largest absolute Gasteiger partial charge is 0.381 e. The van der Waals surface area contributed by atoms with Crippen molar-refractivity contribution in [3.63, 3.8) is 0 Å². The molecule has 0 N–H and O–H groups in total. The molecule has 4 heteroatoms. The molecule has 1 aromatic rings. The van der Waals surface area contributed by atoms with E-state index in [0.717, 1.165) is 38.5 Å². The van der Waals surface area contributed by atoms with Gasteiger partial charge in [0.15, 0.2) is 0 Å². The third kappa shape index (κ3) is 7.53. The summed E-state index contributed by atoms with van der Waals surface area (Å²) in [5.41, 5.74) is 2.64. The molecular formula is C27H42F2O2. The molecule has 2 nitrogen and oxygen atoms in total. The lowest BCUT2D eigenvalue weighted by Gasteiger charge is -2.41. The van der Waals surface area contributed by atoms with Gasteiger partial charge in [-0.05, 0) is 81.3 Å². The molecule has 176 valence electrons. The topological polar surface area (TPSA) is 18.5 Å². The van der Waals surface area contributed by atoms with Crippen LogP contribution in [-0.2, 0) is 22.5 Å². The van der Waals surface area contributed by atoms with E-state index >= 15 is 0 Å². The van der Waals surface area contributed by atoms with Crippen LogP contribution in [0.25, 0.3) is 0 Å². The quantitative estimate of drug-likeness (QED) is 0.333. The Morgan fingerprint density at radius 1 is 0.871 bits per heavy atom. The van der Waals surface area contributed by atoms with Gasteiger partial charge in [0.25, 0.3) is 5.92 Å². The molecule has 2 saturated carbocycles. The fourth-order valence-corrected chi connectivity index (χ4v) is 5.43. The van der Waals surface area contributed by atoms with Gasteiger partial charge in [-0.1, -0.05) is 44.0 Å². The Morgan fingerprint density at radius 3 is 2.19 bits per heavy atom. The first kappa shape index (κ1) is 24.6. The van der Waals surface area contributed by atoms with E-state index < -0.39 is 11.8 Å². The van der Waals surface area contributed by atoms with Gasteiger partial charge in [0.1, 0.15) is 0 Å². The molecule has 0 bridgehead atoms. The van der Waals surface area contributed by atoms with E-state index in [0.29, 0.717) is 25.6 Å². The molecule has 3 rings (SSSR count). The zero-order chi connectivity index (χ0) is 22.1. The summed E-state index contributed by atoms with van der Waals surface area (Å²) < 4.78 is 40.7. The average molecular weight is 437 g/mol. The summed E-state index contributed by atoms with van der Waals surface area (Å²) in [4.78, 5) is 0. The molecular weight excluding hydrogens is 394 g/mol. The molecule has 0 heterocycles. The number of hydrogen-bond acceptors (Lipinski definition) is 2. The van der Waals surface area contributed by atoms with Gasteiger partial charge < -0.3 is 9.47 Å². The summed E-state index contributed by atoms with van der Waals surface area (Å²) in [7, 11) is 0. The van der Waals surface area contributed by atoms with E-state index in [9.17, 15) is 8.78 Å². The van der Waals surface area contributed by atoms with Gasteiger partial charge in [-0.25, -0.2) is 8.78 Å². The highest BCUT2D eigenvalue weighted by atomic mass is 19.3. The number of rotatable bonds is 11. The van der Waals surface area contributed by atoms with Crippen LogP contribution < -0.4 is 0 Å². The number of halogens is 2. The van der Waals surface area contributed by atoms with E-state index in [2.05, 4.69) is 31.2 Å². The molecule has 0 amide bonds. The van der Waals surface area contributed by atoms with Crippen LogP contribution >= 0.6 is 0 Å². The lowest BCUT2D eigenvalue weighted by molar-refractivity contribution is -0.133. The first-order valence-corrected chi connectivity index (χ1v) is 12.7. The fraction of sp³-hybridized carbons (Fsp3) is 0.778. The van der Waals surface area contributed by atoms with Gasteiger partial charge in [0.05, 0.1) is 19.3 Å². The van der Waals surface area contributed by atoms with E-state index in [1.165, 1.54) is 30.4 Å². The summed E-state index contributed by atoms with van der Waals surface area (Å²) in [6, 6.07) is 8.84. The monoisotopic (exact) mass is 436 g/mol. The van der Waals surface area contributed by atoms with Crippen LogP contribution in [0.1, 0.15) is 89.2 Å². The maximum Gasteiger partial charge on any atom is 0.253 e. The van der Waals surface area contributed by atoms with Crippen LogP contribution in [0.4, 0.5) is 8.78 Å². The van der Waals surface area contributed by atoms with Crippen molar-refractivity contribution in [2.75, 3.05) is 13.2 Å². The Kier molecular flexibility index (Phi) is 9.77. The van der Waals surface area contributed by atoms with Crippen molar-refractivity contribution in [3.8, 4) is 0 Å². The second kappa shape index (κ2) is 12.3. The predicted molar refractivity (Wildman–Crippen MR) is 122 cm³/mol. The smallest absolute Gasteiger partial charge is 0.253 e. The highest BCUT2D eigenvalue weighted by molar-refractivity contribution is 5.22. The van der Waals surface area contributed by atoms with Crippen LogP contribution in [0.5, 0.6) is 0 Å². The summed E-state index contributed by atoms with van der Waals surface area (Å²) in [6.07, 6.45) is 10.9. The highest BCUT2D eigenvalue weighted by Crippen LogP contribution is 2.47. The molecule has 2 unspecified atom stereocenters. The van der Waals surface area contributed by atoms with E-state index in [4.69, 9.17) is 9.47 Å². The van der Waals surface area contributed by atoms with Gasteiger partial charge in [0, 0.05) is 18.9 Å². The van der Waals surface area contributed by atoms with Crippen LogP contribution in [0.15, 0.2) is 24.3 Å². The lowest BCUT2D eigenvalue weighted by Crippen LogP contribution is -2.41. The Morgan fingerprint density at radius 2 is 1.55 bits per heavy atom. The van der Waals surface area contributed by atoms with Gasteiger partial charge in [-0.2, -0.15) is 0 Å². The Labute approximate surface area is 188 Å². The summed E-state index contributed by atoms with van der Waals surface area (Å²) in [6.45, 7) is 5.48. The normalized spacial score (nSPS) is 28.5. The average Bonchev–Trinajstić information content (AvgIpc) is 2.78. The first-order valence-electron chi connectivity index (χ1n) is 12.7. The SMILES string of the molecule is CCCCCc1ccc(COC2CCC(C3CCC(COCC)C(F)(F)C3)CC2)cc1. The highest BCUT2D eigenvalue weighted by Gasteiger charge is 2.47. The summed E-state index contributed by atoms with van der Waals surface area (Å²) >= 11 is 0. The minimum atomic E-state index is -2.58. The van der Waals surface area contributed by atoms with Crippen LogP contribution in [0.2, 0.25) is 0 Å². The number of ether oxygens (including phenoxy) is 2. The molecule has 0 saturated heterocycles.